The van der Waals surface area contributed by atoms with Crippen molar-refractivity contribution in [3.05, 3.63) is 62.6 Å². The summed E-state index contributed by atoms with van der Waals surface area (Å²) < 4.78 is 26.5. The molecule has 9 heteroatoms. The molecule has 0 saturated carbocycles. The molecule has 0 aliphatic rings. The van der Waals surface area contributed by atoms with Crippen molar-refractivity contribution in [1.82, 2.24) is 0 Å². The molecular formula is C12H8Cl2N2O4S. The summed E-state index contributed by atoms with van der Waals surface area (Å²) in [5, 5.41) is 10.3. The summed E-state index contributed by atoms with van der Waals surface area (Å²) in [7, 11) is -3.82. The van der Waals surface area contributed by atoms with Crippen LogP contribution in [0, 0.1) is 10.1 Å². The molecule has 0 aliphatic heterocycles. The number of rotatable bonds is 4. The summed E-state index contributed by atoms with van der Waals surface area (Å²) in [4.78, 5) is 10.1. The molecule has 0 aromatic heterocycles. The van der Waals surface area contributed by atoms with Gasteiger partial charge in [0.2, 0.25) is 0 Å². The van der Waals surface area contributed by atoms with Gasteiger partial charge in [0.1, 0.15) is 10.0 Å². The first-order valence-electron chi connectivity index (χ1n) is 5.52. The van der Waals surface area contributed by atoms with Crippen LogP contribution in [0.25, 0.3) is 0 Å². The maximum atomic E-state index is 12.1. The molecule has 0 bridgehead atoms. The van der Waals surface area contributed by atoms with Crippen molar-refractivity contribution >= 4 is 44.6 Å². The molecule has 2 rings (SSSR count). The third-order valence-corrected chi connectivity index (χ3v) is 4.48. The molecule has 2 aromatic carbocycles. The van der Waals surface area contributed by atoms with Crippen molar-refractivity contribution in [3.63, 3.8) is 0 Å². The highest BCUT2D eigenvalue weighted by molar-refractivity contribution is 7.92. The maximum absolute atomic E-state index is 12.1. The second kappa shape index (κ2) is 5.88. The van der Waals surface area contributed by atoms with Crippen LogP contribution in [0.15, 0.2) is 47.4 Å². The zero-order valence-electron chi connectivity index (χ0n) is 10.3. The Morgan fingerprint density at radius 1 is 1.05 bits per heavy atom. The lowest BCUT2D eigenvalue weighted by Crippen LogP contribution is -2.12. The van der Waals surface area contributed by atoms with Crippen LogP contribution in [-0.4, -0.2) is 13.3 Å². The molecule has 2 aromatic rings. The van der Waals surface area contributed by atoms with Crippen LogP contribution >= 0.6 is 23.2 Å². The molecule has 0 spiro atoms. The molecule has 0 atom stereocenters. The summed E-state index contributed by atoms with van der Waals surface area (Å²) >= 11 is 11.5. The minimum Gasteiger partial charge on any atom is -0.280 e. The number of hydrogen-bond acceptors (Lipinski definition) is 4. The van der Waals surface area contributed by atoms with E-state index in [1.807, 2.05) is 0 Å². The fraction of sp³-hybridized carbons (Fsp3) is 0. The number of nitrogens with one attached hydrogen (secondary N) is 1. The van der Waals surface area contributed by atoms with Crippen LogP contribution < -0.4 is 4.72 Å². The van der Waals surface area contributed by atoms with Gasteiger partial charge in [-0.3, -0.25) is 14.8 Å². The zero-order valence-corrected chi connectivity index (χ0v) is 12.6. The van der Waals surface area contributed by atoms with Gasteiger partial charge in [-0.05, 0) is 24.3 Å². The minimum atomic E-state index is -3.82. The number of sulfonamides is 1. The van der Waals surface area contributed by atoms with E-state index in [-0.39, 0.29) is 20.6 Å². The third kappa shape index (κ3) is 3.44. The number of anilines is 1. The van der Waals surface area contributed by atoms with Gasteiger partial charge in [-0.15, -0.1) is 0 Å². The number of nitrogens with zero attached hydrogens (tertiary/aromatic N) is 1. The zero-order chi connectivity index (χ0) is 15.6. The summed E-state index contributed by atoms with van der Waals surface area (Å²) in [5.41, 5.74) is -0.430. The fourth-order valence-corrected chi connectivity index (χ4v) is 3.30. The topological polar surface area (TPSA) is 89.3 Å². The van der Waals surface area contributed by atoms with Crippen LogP contribution in [0.2, 0.25) is 10.0 Å². The van der Waals surface area contributed by atoms with Crippen molar-refractivity contribution < 1.29 is 13.3 Å². The number of benzene rings is 2. The summed E-state index contributed by atoms with van der Waals surface area (Å²) in [6.45, 7) is 0. The highest BCUT2D eigenvalue weighted by Crippen LogP contribution is 2.35. The van der Waals surface area contributed by atoms with Crippen LogP contribution in [0.5, 0.6) is 0 Å². The van der Waals surface area contributed by atoms with E-state index in [1.54, 1.807) is 18.2 Å². The van der Waals surface area contributed by atoms with E-state index in [2.05, 4.69) is 4.72 Å². The highest BCUT2D eigenvalue weighted by Gasteiger charge is 2.21. The molecule has 110 valence electrons. The van der Waals surface area contributed by atoms with Crippen molar-refractivity contribution in [1.29, 1.82) is 0 Å². The predicted octanol–water partition coefficient (Wildman–Crippen LogP) is 3.70. The van der Waals surface area contributed by atoms with Gasteiger partial charge in [0.25, 0.3) is 10.0 Å². The molecule has 0 radical (unpaired) electrons. The normalized spacial score (nSPS) is 11.1. The van der Waals surface area contributed by atoms with Crippen LogP contribution in [0.4, 0.5) is 11.4 Å². The van der Waals surface area contributed by atoms with E-state index >= 15 is 0 Å². The molecule has 21 heavy (non-hydrogen) atoms. The Hall–Kier alpha value is -1.83. The largest absolute Gasteiger partial charge is 0.306 e. The van der Waals surface area contributed by atoms with Gasteiger partial charge in [0.05, 0.1) is 15.5 Å². The van der Waals surface area contributed by atoms with E-state index in [0.717, 1.165) is 12.1 Å². The molecule has 6 nitrogen and oxygen atoms in total. The van der Waals surface area contributed by atoms with E-state index in [4.69, 9.17) is 23.2 Å². The van der Waals surface area contributed by atoms with Crippen molar-refractivity contribution in [2.24, 2.45) is 0 Å². The van der Waals surface area contributed by atoms with Gasteiger partial charge in [-0.2, -0.15) is 0 Å². The SMILES string of the molecule is O=[N+]([O-])c1c(Cl)cc(NS(=O)(=O)c2ccccc2)cc1Cl. The molecule has 0 amide bonds. The van der Waals surface area contributed by atoms with Crippen molar-refractivity contribution in [3.8, 4) is 0 Å². The Kier molecular flexibility index (Phi) is 4.36. The Morgan fingerprint density at radius 3 is 2.05 bits per heavy atom. The monoisotopic (exact) mass is 346 g/mol. The number of nitro groups is 1. The molecule has 0 heterocycles. The Balaban J connectivity index is 2.39. The van der Waals surface area contributed by atoms with E-state index in [0.29, 0.717) is 0 Å². The van der Waals surface area contributed by atoms with E-state index in [1.165, 1.54) is 12.1 Å². The minimum absolute atomic E-state index is 0.0412. The number of halogens is 2. The Bertz CT molecular complexity index is 771. The molecule has 0 unspecified atom stereocenters. The van der Waals surface area contributed by atoms with Gasteiger partial charge in [-0.25, -0.2) is 8.42 Å². The molecular weight excluding hydrogens is 339 g/mol. The molecule has 0 aliphatic carbocycles. The second-order valence-corrected chi connectivity index (χ2v) is 6.46. The average Bonchev–Trinajstić information content (AvgIpc) is 2.37. The third-order valence-electron chi connectivity index (χ3n) is 2.51. The lowest BCUT2D eigenvalue weighted by molar-refractivity contribution is -0.384. The standard InChI is InChI=1S/C12H8Cl2N2O4S/c13-10-6-8(7-11(14)12(10)16(17)18)15-21(19,20)9-4-2-1-3-5-9/h1-7,15H. The van der Waals surface area contributed by atoms with Crippen LogP contribution in [-0.2, 0) is 10.0 Å². The molecule has 1 N–H and O–H groups in total. The first-order chi connectivity index (χ1) is 9.81. The number of nitro benzene ring substituents is 1. The summed E-state index contributed by atoms with van der Waals surface area (Å²) in [6.07, 6.45) is 0. The highest BCUT2D eigenvalue weighted by atomic mass is 35.5. The Morgan fingerprint density at radius 2 is 1.57 bits per heavy atom. The lowest BCUT2D eigenvalue weighted by Gasteiger charge is -2.09. The number of hydrogen-bond donors (Lipinski definition) is 1. The van der Waals surface area contributed by atoms with Crippen LogP contribution in [0.3, 0.4) is 0 Å². The molecule has 0 saturated heterocycles. The molecule has 0 fully saturated rings. The van der Waals surface area contributed by atoms with Gasteiger partial charge < -0.3 is 0 Å². The fourth-order valence-electron chi connectivity index (χ4n) is 1.61. The van der Waals surface area contributed by atoms with Crippen LogP contribution in [0.1, 0.15) is 0 Å². The second-order valence-electron chi connectivity index (χ2n) is 3.96. The summed E-state index contributed by atoms with van der Waals surface area (Å²) in [5.74, 6) is 0. The van der Waals surface area contributed by atoms with Gasteiger partial charge in [0.15, 0.2) is 0 Å². The van der Waals surface area contributed by atoms with E-state index in [9.17, 15) is 18.5 Å². The van der Waals surface area contributed by atoms with Gasteiger partial charge in [-0.1, -0.05) is 41.4 Å². The van der Waals surface area contributed by atoms with Crippen molar-refractivity contribution in [2.45, 2.75) is 4.90 Å². The summed E-state index contributed by atoms with van der Waals surface area (Å²) in [6, 6.07) is 9.92. The Labute approximate surface area is 130 Å². The van der Waals surface area contributed by atoms with E-state index < -0.39 is 20.6 Å². The first-order valence-corrected chi connectivity index (χ1v) is 7.76. The smallest absolute Gasteiger partial charge is 0.280 e. The van der Waals surface area contributed by atoms with Gasteiger partial charge >= 0.3 is 5.69 Å². The lowest BCUT2D eigenvalue weighted by atomic mass is 10.3. The van der Waals surface area contributed by atoms with Crippen molar-refractivity contribution in [2.75, 3.05) is 4.72 Å². The van der Waals surface area contributed by atoms with Gasteiger partial charge in [0, 0.05) is 0 Å². The quantitative estimate of drug-likeness (QED) is 0.674. The average molecular weight is 347 g/mol. The predicted molar refractivity (Wildman–Crippen MR) is 80.4 cm³/mol. The first kappa shape index (κ1) is 15.6. The maximum Gasteiger partial charge on any atom is 0.306 e.